The van der Waals surface area contributed by atoms with Crippen LogP contribution in [0.5, 0.6) is 5.75 Å². The Morgan fingerprint density at radius 1 is 1.29 bits per heavy atom. The highest BCUT2D eigenvalue weighted by atomic mass is 19.4. The van der Waals surface area contributed by atoms with Crippen molar-refractivity contribution in [3.05, 3.63) is 29.8 Å². The molecule has 0 bridgehead atoms. The molecule has 0 fully saturated rings. The summed E-state index contributed by atoms with van der Waals surface area (Å²) in [5.41, 5.74) is 5.83. The standard InChI is InChI=1S/C10H10F3NO3/c1-16-9(15)8(14)6-2-4-7(5-3-6)17-10(11,12)13/h2-5,8H,14H2,1H3. The van der Waals surface area contributed by atoms with E-state index in [0.29, 0.717) is 5.56 Å². The highest BCUT2D eigenvalue weighted by molar-refractivity contribution is 5.77. The van der Waals surface area contributed by atoms with Gasteiger partial charge in [0.1, 0.15) is 11.8 Å². The molecule has 17 heavy (non-hydrogen) atoms. The number of methoxy groups -OCH3 is 1. The molecule has 1 aromatic rings. The Morgan fingerprint density at radius 2 is 1.82 bits per heavy atom. The van der Waals surface area contributed by atoms with Gasteiger partial charge in [0.2, 0.25) is 0 Å². The van der Waals surface area contributed by atoms with E-state index in [2.05, 4.69) is 9.47 Å². The molecular formula is C10H10F3NO3. The summed E-state index contributed by atoms with van der Waals surface area (Å²) < 4.78 is 43.7. The first kappa shape index (κ1) is 13.3. The van der Waals surface area contributed by atoms with Crippen LogP contribution in [0.4, 0.5) is 13.2 Å². The van der Waals surface area contributed by atoms with Crippen LogP contribution in [0, 0.1) is 0 Å². The lowest BCUT2D eigenvalue weighted by atomic mass is 10.1. The minimum Gasteiger partial charge on any atom is -0.468 e. The molecule has 0 aromatic heterocycles. The molecule has 0 saturated carbocycles. The average Bonchev–Trinajstić information content (AvgIpc) is 2.26. The molecular weight excluding hydrogens is 239 g/mol. The fourth-order valence-electron chi connectivity index (χ4n) is 1.14. The normalized spacial score (nSPS) is 13.0. The van der Waals surface area contributed by atoms with Crippen LogP contribution in [0.25, 0.3) is 0 Å². The van der Waals surface area contributed by atoms with E-state index in [0.717, 1.165) is 12.1 Å². The van der Waals surface area contributed by atoms with E-state index in [1.807, 2.05) is 0 Å². The van der Waals surface area contributed by atoms with Gasteiger partial charge in [0.05, 0.1) is 7.11 Å². The van der Waals surface area contributed by atoms with Gasteiger partial charge >= 0.3 is 12.3 Å². The number of rotatable bonds is 3. The summed E-state index contributed by atoms with van der Waals surface area (Å²) in [6, 6.07) is 3.66. The maximum absolute atomic E-state index is 11.9. The molecule has 0 aliphatic heterocycles. The number of alkyl halides is 3. The summed E-state index contributed by atoms with van der Waals surface area (Å²) in [6.45, 7) is 0. The number of hydrogen-bond donors (Lipinski definition) is 1. The number of esters is 1. The van der Waals surface area contributed by atoms with Crippen LogP contribution in [-0.2, 0) is 9.53 Å². The lowest BCUT2D eigenvalue weighted by molar-refractivity contribution is -0.274. The fourth-order valence-corrected chi connectivity index (χ4v) is 1.14. The Kier molecular flexibility index (Phi) is 3.95. The van der Waals surface area contributed by atoms with Gasteiger partial charge in [-0.3, -0.25) is 4.79 Å². The van der Waals surface area contributed by atoms with Crippen molar-refractivity contribution in [2.24, 2.45) is 5.73 Å². The van der Waals surface area contributed by atoms with Gasteiger partial charge in [-0.05, 0) is 17.7 Å². The van der Waals surface area contributed by atoms with Gasteiger partial charge < -0.3 is 15.2 Å². The summed E-state index contributed by atoms with van der Waals surface area (Å²) >= 11 is 0. The number of hydrogen-bond acceptors (Lipinski definition) is 4. The zero-order valence-electron chi connectivity index (χ0n) is 8.82. The van der Waals surface area contributed by atoms with Crippen molar-refractivity contribution in [1.29, 1.82) is 0 Å². The second-order valence-electron chi connectivity index (χ2n) is 3.12. The van der Waals surface area contributed by atoms with Crippen LogP contribution in [0.15, 0.2) is 24.3 Å². The lowest BCUT2D eigenvalue weighted by Gasteiger charge is -2.11. The predicted octanol–water partition coefficient (Wildman–Crippen LogP) is 1.76. The maximum atomic E-state index is 11.9. The molecule has 1 atom stereocenters. The van der Waals surface area contributed by atoms with Gasteiger partial charge in [0, 0.05) is 0 Å². The Hall–Kier alpha value is -1.76. The van der Waals surface area contributed by atoms with Gasteiger partial charge in [0.25, 0.3) is 0 Å². The lowest BCUT2D eigenvalue weighted by Crippen LogP contribution is -2.22. The molecule has 7 heteroatoms. The van der Waals surface area contributed by atoms with Crippen LogP contribution >= 0.6 is 0 Å². The minimum absolute atomic E-state index is 0.339. The van der Waals surface area contributed by atoms with Crippen molar-refractivity contribution >= 4 is 5.97 Å². The van der Waals surface area contributed by atoms with Crippen molar-refractivity contribution in [3.63, 3.8) is 0 Å². The maximum Gasteiger partial charge on any atom is 0.573 e. The zero-order chi connectivity index (χ0) is 13.1. The number of benzene rings is 1. The van der Waals surface area contributed by atoms with Gasteiger partial charge in [-0.1, -0.05) is 12.1 Å². The second-order valence-corrected chi connectivity index (χ2v) is 3.12. The van der Waals surface area contributed by atoms with Crippen LogP contribution in [0.1, 0.15) is 11.6 Å². The van der Waals surface area contributed by atoms with Crippen molar-refractivity contribution < 1.29 is 27.4 Å². The van der Waals surface area contributed by atoms with Gasteiger partial charge in [-0.25, -0.2) is 0 Å². The Morgan fingerprint density at radius 3 is 2.24 bits per heavy atom. The van der Waals surface area contributed by atoms with Gasteiger partial charge in [-0.15, -0.1) is 13.2 Å². The quantitative estimate of drug-likeness (QED) is 0.829. The Balaban J connectivity index is 2.78. The molecule has 0 amide bonds. The van der Waals surface area contributed by atoms with E-state index in [4.69, 9.17) is 5.73 Å². The third kappa shape index (κ3) is 3.95. The molecule has 0 saturated heterocycles. The molecule has 2 N–H and O–H groups in total. The number of ether oxygens (including phenoxy) is 2. The highest BCUT2D eigenvalue weighted by Crippen LogP contribution is 2.24. The molecule has 1 rings (SSSR count). The topological polar surface area (TPSA) is 61.5 Å². The van der Waals surface area contributed by atoms with E-state index in [1.54, 1.807) is 0 Å². The third-order valence-electron chi connectivity index (χ3n) is 1.93. The minimum atomic E-state index is -4.74. The van der Waals surface area contributed by atoms with E-state index < -0.39 is 18.4 Å². The van der Waals surface area contributed by atoms with Gasteiger partial charge in [-0.2, -0.15) is 0 Å². The van der Waals surface area contributed by atoms with Crippen molar-refractivity contribution in [2.75, 3.05) is 7.11 Å². The molecule has 0 spiro atoms. The van der Waals surface area contributed by atoms with E-state index >= 15 is 0 Å². The molecule has 94 valence electrons. The van der Waals surface area contributed by atoms with Crippen molar-refractivity contribution in [1.82, 2.24) is 0 Å². The van der Waals surface area contributed by atoms with Crippen LogP contribution in [0.2, 0.25) is 0 Å². The van der Waals surface area contributed by atoms with E-state index in [1.165, 1.54) is 19.2 Å². The van der Waals surface area contributed by atoms with Crippen LogP contribution < -0.4 is 10.5 Å². The SMILES string of the molecule is COC(=O)C(N)c1ccc(OC(F)(F)F)cc1. The smallest absolute Gasteiger partial charge is 0.468 e. The number of nitrogens with two attached hydrogens (primary N) is 1. The van der Waals surface area contributed by atoms with Gasteiger partial charge in [0.15, 0.2) is 0 Å². The zero-order valence-corrected chi connectivity index (χ0v) is 8.82. The second kappa shape index (κ2) is 5.05. The summed E-state index contributed by atoms with van der Waals surface area (Å²) in [4.78, 5) is 11.1. The number of carbonyl (C=O) groups is 1. The number of carbonyl (C=O) groups excluding carboxylic acids is 1. The summed E-state index contributed by atoms with van der Waals surface area (Å²) in [5, 5.41) is 0. The average molecular weight is 249 g/mol. The van der Waals surface area contributed by atoms with Crippen molar-refractivity contribution in [3.8, 4) is 5.75 Å². The first-order valence-electron chi connectivity index (χ1n) is 4.52. The van der Waals surface area contributed by atoms with Crippen LogP contribution in [0.3, 0.4) is 0 Å². The van der Waals surface area contributed by atoms with E-state index in [9.17, 15) is 18.0 Å². The monoisotopic (exact) mass is 249 g/mol. The summed E-state index contributed by atoms with van der Waals surface area (Å²) in [6.07, 6.45) is -4.74. The molecule has 4 nitrogen and oxygen atoms in total. The molecule has 1 unspecified atom stereocenters. The Bertz CT molecular complexity index is 389. The molecule has 0 heterocycles. The van der Waals surface area contributed by atoms with Crippen molar-refractivity contribution in [2.45, 2.75) is 12.4 Å². The summed E-state index contributed by atoms with van der Waals surface area (Å²) in [7, 11) is 1.17. The molecule has 1 aromatic carbocycles. The third-order valence-corrected chi connectivity index (χ3v) is 1.93. The highest BCUT2D eigenvalue weighted by Gasteiger charge is 2.31. The summed E-state index contributed by atoms with van der Waals surface area (Å²) in [5.74, 6) is -1.05. The van der Waals surface area contributed by atoms with Crippen LogP contribution in [-0.4, -0.2) is 19.4 Å². The Labute approximate surface area is 95.1 Å². The molecule has 0 aliphatic carbocycles. The largest absolute Gasteiger partial charge is 0.573 e. The van der Waals surface area contributed by atoms with E-state index in [-0.39, 0.29) is 5.75 Å². The fraction of sp³-hybridized carbons (Fsp3) is 0.300. The molecule has 0 radical (unpaired) electrons. The molecule has 0 aliphatic rings. The number of halogens is 3. The first-order chi connectivity index (χ1) is 7.83. The first-order valence-corrected chi connectivity index (χ1v) is 4.52. The predicted molar refractivity (Wildman–Crippen MR) is 52.1 cm³/mol.